The number of carbonyl (C=O) groups excluding carboxylic acids is 1. The van der Waals surface area contributed by atoms with Crippen molar-refractivity contribution in [2.24, 2.45) is 17.6 Å². The van der Waals surface area contributed by atoms with Gasteiger partial charge in [0.1, 0.15) is 11.6 Å². The number of benzene rings is 1. The number of carbonyl (C=O) groups is 1. The minimum atomic E-state index is -3.61. The molecule has 1 heterocycles. The van der Waals surface area contributed by atoms with E-state index in [4.69, 9.17) is 5.73 Å². The Hall–Kier alpha value is -2.65. The third-order valence-corrected chi connectivity index (χ3v) is 8.93. The van der Waals surface area contributed by atoms with E-state index in [9.17, 15) is 13.2 Å². The van der Waals surface area contributed by atoms with Gasteiger partial charge in [0.25, 0.3) is 5.91 Å². The summed E-state index contributed by atoms with van der Waals surface area (Å²) in [6.07, 6.45) is 1.75. The number of hydrogen-bond donors (Lipinski definition) is 2. The number of hydrogen-bond acceptors (Lipinski definition) is 6. The summed E-state index contributed by atoms with van der Waals surface area (Å²) in [7, 11) is -0.206. The summed E-state index contributed by atoms with van der Waals surface area (Å²) >= 11 is 0. The second-order valence-electron chi connectivity index (χ2n) is 10.1. The normalized spacial score (nSPS) is 19.2. The van der Waals surface area contributed by atoms with Crippen LogP contribution in [-0.4, -0.2) is 57.3 Å². The molecule has 3 N–H and O–H groups in total. The summed E-state index contributed by atoms with van der Waals surface area (Å²) in [5.41, 5.74) is 7.64. The molecule has 1 aromatic carbocycles. The van der Waals surface area contributed by atoms with E-state index in [1.165, 1.54) is 17.4 Å². The van der Waals surface area contributed by atoms with Gasteiger partial charge in [0.2, 0.25) is 10.0 Å². The zero-order chi connectivity index (χ0) is 25.9. The molecular formula is C26H39N5O3S. The second kappa shape index (κ2) is 11.0. The Labute approximate surface area is 210 Å². The highest BCUT2D eigenvalue weighted by molar-refractivity contribution is 7.93. The molecule has 9 heteroatoms. The lowest BCUT2D eigenvalue weighted by Gasteiger charge is -2.26. The summed E-state index contributed by atoms with van der Waals surface area (Å²) in [5, 5.41) is 2.44. The van der Waals surface area contributed by atoms with Gasteiger partial charge >= 0.3 is 0 Å². The van der Waals surface area contributed by atoms with Crippen LogP contribution in [0.1, 0.15) is 50.0 Å². The molecule has 1 saturated carbocycles. The zero-order valence-corrected chi connectivity index (χ0v) is 22.4. The molecule has 1 aliphatic carbocycles. The maximum absolute atomic E-state index is 13.4. The van der Waals surface area contributed by atoms with Crippen LogP contribution >= 0.6 is 0 Å². The van der Waals surface area contributed by atoms with Gasteiger partial charge in [-0.1, -0.05) is 37.3 Å². The van der Waals surface area contributed by atoms with Gasteiger partial charge in [0.05, 0.1) is 5.25 Å². The van der Waals surface area contributed by atoms with Crippen molar-refractivity contribution < 1.29 is 13.2 Å². The highest BCUT2D eigenvalue weighted by Crippen LogP contribution is 2.38. The van der Waals surface area contributed by atoms with E-state index >= 15 is 0 Å². The lowest BCUT2D eigenvalue weighted by Crippen LogP contribution is -2.47. The maximum atomic E-state index is 13.4. The topological polar surface area (TPSA) is 109 Å². The molecule has 0 bridgehead atoms. The minimum absolute atomic E-state index is 0.220. The molecule has 0 spiro atoms. The van der Waals surface area contributed by atoms with Crippen LogP contribution in [0.25, 0.3) is 0 Å². The molecule has 4 atom stereocenters. The van der Waals surface area contributed by atoms with Crippen LogP contribution in [0.4, 0.5) is 11.6 Å². The van der Waals surface area contributed by atoms with Gasteiger partial charge in [-0.3, -0.25) is 9.10 Å². The van der Waals surface area contributed by atoms with Crippen molar-refractivity contribution in [3.8, 4) is 0 Å². The molecule has 192 valence electrons. The van der Waals surface area contributed by atoms with Gasteiger partial charge in [0.15, 0.2) is 0 Å². The number of amides is 1. The predicted octanol–water partition coefficient (Wildman–Crippen LogP) is 3.04. The molecule has 1 aromatic heterocycles. The Balaban J connectivity index is 1.92. The smallest absolute Gasteiger partial charge is 0.251 e. The zero-order valence-electron chi connectivity index (χ0n) is 21.6. The standard InChI is InChI=1S/C26H39N5O3S/c1-17(2)35(33,34)31(6)25-15-21(14-24(29-25)30(5)16-22-12-18(22)3)26(32)28-23(19(4)27)13-20-10-8-7-9-11-20/h7-11,14-15,17-19,22-23H,12-13,16,27H2,1-6H3,(H,28,32)/t18?,19?,22?,23-/m0/s1. The van der Waals surface area contributed by atoms with E-state index < -0.39 is 15.3 Å². The molecule has 1 fully saturated rings. The SMILES string of the molecule is CC1CC1CN(C)c1cc(C(=O)N[C@@H](Cc2ccccc2)C(C)N)cc(N(C)S(=O)(=O)C(C)C)n1. The number of rotatable bonds is 11. The molecule has 0 aliphatic heterocycles. The van der Waals surface area contributed by atoms with Crippen LogP contribution in [0.2, 0.25) is 0 Å². The minimum Gasteiger partial charge on any atom is -0.359 e. The maximum Gasteiger partial charge on any atom is 0.251 e. The summed E-state index contributed by atoms with van der Waals surface area (Å²) in [6.45, 7) is 8.13. The van der Waals surface area contributed by atoms with Crippen LogP contribution in [0.3, 0.4) is 0 Å². The van der Waals surface area contributed by atoms with Crippen LogP contribution in [-0.2, 0) is 16.4 Å². The number of nitrogens with zero attached hydrogens (tertiary/aromatic N) is 3. The van der Waals surface area contributed by atoms with E-state index in [0.717, 1.165) is 18.5 Å². The molecular weight excluding hydrogens is 462 g/mol. The van der Waals surface area contributed by atoms with Gasteiger partial charge < -0.3 is 16.0 Å². The molecule has 3 unspecified atom stereocenters. The molecule has 8 nitrogen and oxygen atoms in total. The number of nitrogens with one attached hydrogen (secondary N) is 1. The summed E-state index contributed by atoms with van der Waals surface area (Å²) in [6, 6.07) is 12.6. The van der Waals surface area contributed by atoms with Crippen LogP contribution in [0.15, 0.2) is 42.5 Å². The van der Waals surface area contributed by atoms with Crippen molar-refractivity contribution in [1.29, 1.82) is 0 Å². The fraction of sp³-hybridized carbons (Fsp3) is 0.538. The third kappa shape index (κ3) is 6.73. The highest BCUT2D eigenvalue weighted by atomic mass is 32.2. The molecule has 2 aromatic rings. The Morgan fingerprint density at radius 3 is 2.29 bits per heavy atom. The largest absolute Gasteiger partial charge is 0.359 e. The lowest BCUT2D eigenvalue weighted by atomic mass is 10.0. The van der Waals surface area contributed by atoms with Crippen molar-refractivity contribution in [2.75, 3.05) is 29.8 Å². The van der Waals surface area contributed by atoms with Crippen molar-refractivity contribution in [3.05, 3.63) is 53.6 Å². The Morgan fingerprint density at radius 2 is 1.74 bits per heavy atom. The van der Waals surface area contributed by atoms with Crippen LogP contribution in [0, 0.1) is 11.8 Å². The average molecular weight is 502 g/mol. The summed E-state index contributed by atoms with van der Waals surface area (Å²) < 4.78 is 26.9. The number of anilines is 2. The first kappa shape index (κ1) is 26.9. The fourth-order valence-corrected chi connectivity index (χ4v) is 5.01. The Kier molecular flexibility index (Phi) is 8.43. The van der Waals surface area contributed by atoms with Gasteiger partial charge in [-0.25, -0.2) is 13.4 Å². The van der Waals surface area contributed by atoms with Crippen molar-refractivity contribution in [2.45, 2.75) is 57.9 Å². The van der Waals surface area contributed by atoms with E-state index in [2.05, 4.69) is 17.2 Å². The Morgan fingerprint density at radius 1 is 1.14 bits per heavy atom. The van der Waals surface area contributed by atoms with Crippen LogP contribution in [0.5, 0.6) is 0 Å². The average Bonchev–Trinajstić information content (AvgIpc) is 3.52. The van der Waals surface area contributed by atoms with Gasteiger partial charge in [0, 0.05) is 38.3 Å². The van der Waals surface area contributed by atoms with Crippen molar-refractivity contribution >= 4 is 27.6 Å². The lowest BCUT2D eigenvalue weighted by molar-refractivity contribution is 0.0932. The van der Waals surface area contributed by atoms with E-state index in [1.807, 2.05) is 49.2 Å². The fourth-order valence-electron chi connectivity index (χ4n) is 4.02. The Bertz CT molecular complexity index is 1120. The van der Waals surface area contributed by atoms with E-state index in [-0.39, 0.29) is 23.8 Å². The summed E-state index contributed by atoms with van der Waals surface area (Å²) in [5.74, 6) is 1.72. The first-order valence-electron chi connectivity index (χ1n) is 12.2. The predicted molar refractivity (Wildman–Crippen MR) is 142 cm³/mol. The first-order chi connectivity index (χ1) is 16.4. The van der Waals surface area contributed by atoms with Crippen molar-refractivity contribution in [1.82, 2.24) is 10.3 Å². The first-order valence-corrected chi connectivity index (χ1v) is 13.7. The number of nitrogens with two attached hydrogens (primary N) is 1. The van der Waals surface area contributed by atoms with Gasteiger partial charge in [-0.2, -0.15) is 0 Å². The molecule has 0 radical (unpaired) electrons. The monoisotopic (exact) mass is 501 g/mol. The van der Waals surface area contributed by atoms with E-state index in [0.29, 0.717) is 29.6 Å². The van der Waals surface area contributed by atoms with Gasteiger partial charge in [-0.15, -0.1) is 0 Å². The molecule has 35 heavy (non-hydrogen) atoms. The second-order valence-corrected chi connectivity index (χ2v) is 12.6. The number of pyridine rings is 1. The van der Waals surface area contributed by atoms with Crippen molar-refractivity contribution in [3.63, 3.8) is 0 Å². The molecule has 1 aliphatic rings. The van der Waals surface area contributed by atoms with Gasteiger partial charge in [-0.05, 0) is 63.1 Å². The van der Waals surface area contributed by atoms with E-state index in [1.54, 1.807) is 19.9 Å². The number of aromatic nitrogens is 1. The number of sulfonamides is 1. The molecule has 1 amide bonds. The molecule has 0 saturated heterocycles. The third-order valence-electron chi connectivity index (χ3n) is 6.79. The van der Waals surface area contributed by atoms with Crippen LogP contribution < -0.4 is 20.3 Å². The molecule has 3 rings (SSSR count). The summed E-state index contributed by atoms with van der Waals surface area (Å²) in [4.78, 5) is 20.0. The quantitative estimate of drug-likeness (QED) is 0.490. The highest BCUT2D eigenvalue weighted by Gasteiger charge is 2.34.